The Balaban J connectivity index is 3.58. The predicted molar refractivity (Wildman–Crippen MR) is 73.7 cm³/mol. The van der Waals surface area contributed by atoms with Crippen LogP contribution in [0.15, 0.2) is 18.2 Å². The van der Waals surface area contributed by atoms with Gasteiger partial charge in [0.2, 0.25) is 0 Å². The van der Waals surface area contributed by atoms with Crippen molar-refractivity contribution in [1.29, 1.82) is 0 Å². The Hall–Kier alpha value is -2.51. The molecule has 0 amide bonds. The first-order chi connectivity index (χ1) is 10.3. The van der Waals surface area contributed by atoms with Gasteiger partial charge in [-0.1, -0.05) is 0 Å². The van der Waals surface area contributed by atoms with Gasteiger partial charge in [-0.2, -0.15) is 0 Å². The number of hydrogen-bond acceptors (Lipinski definition) is 6. The van der Waals surface area contributed by atoms with Crippen LogP contribution in [0.5, 0.6) is 0 Å². The van der Waals surface area contributed by atoms with E-state index in [9.17, 15) is 24.1 Å². The number of nitro benzene ring substituents is 1. The molecule has 22 heavy (non-hydrogen) atoms. The second kappa shape index (κ2) is 6.97. The number of carbonyl (C=O) groups excluding carboxylic acids is 2. The quantitative estimate of drug-likeness (QED) is 0.345. The summed E-state index contributed by atoms with van der Waals surface area (Å²) in [5, 5.41) is 11.1. The van der Waals surface area contributed by atoms with Crippen molar-refractivity contribution in [2.75, 3.05) is 13.2 Å². The summed E-state index contributed by atoms with van der Waals surface area (Å²) in [6.45, 7) is 4.06. The maximum absolute atomic E-state index is 13.5. The summed E-state index contributed by atoms with van der Waals surface area (Å²) >= 11 is 0. The van der Waals surface area contributed by atoms with Crippen LogP contribution in [-0.4, -0.2) is 30.1 Å². The van der Waals surface area contributed by atoms with Crippen molar-refractivity contribution in [3.05, 3.63) is 39.7 Å². The van der Waals surface area contributed by atoms with E-state index >= 15 is 0 Å². The molecule has 0 fully saturated rings. The first kappa shape index (κ1) is 17.5. The minimum Gasteiger partial charge on any atom is -0.465 e. The van der Waals surface area contributed by atoms with Crippen LogP contribution in [0.4, 0.5) is 10.1 Å². The van der Waals surface area contributed by atoms with E-state index in [0.717, 1.165) is 25.1 Å². The third kappa shape index (κ3) is 3.21. The molecule has 0 N–H and O–H groups in total. The smallest absolute Gasteiger partial charge is 0.328 e. The molecule has 0 saturated heterocycles. The van der Waals surface area contributed by atoms with Gasteiger partial charge in [-0.15, -0.1) is 0 Å². The van der Waals surface area contributed by atoms with Gasteiger partial charge < -0.3 is 9.47 Å². The van der Waals surface area contributed by atoms with Crippen LogP contribution in [0.25, 0.3) is 0 Å². The molecule has 0 heterocycles. The zero-order valence-corrected chi connectivity index (χ0v) is 12.4. The van der Waals surface area contributed by atoms with Crippen molar-refractivity contribution in [3.8, 4) is 0 Å². The number of hydrogen-bond donors (Lipinski definition) is 0. The van der Waals surface area contributed by atoms with Crippen LogP contribution >= 0.6 is 0 Å². The van der Waals surface area contributed by atoms with E-state index in [4.69, 9.17) is 9.47 Å². The fourth-order valence-electron chi connectivity index (χ4n) is 1.92. The summed E-state index contributed by atoms with van der Waals surface area (Å²) in [6.07, 6.45) is 0. The van der Waals surface area contributed by atoms with Gasteiger partial charge in [-0.05, 0) is 32.9 Å². The summed E-state index contributed by atoms with van der Waals surface area (Å²) in [4.78, 5) is 34.7. The molecule has 0 aromatic heterocycles. The Morgan fingerprint density at radius 2 is 1.73 bits per heavy atom. The third-order valence-corrected chi connectivity index (χ3v) is 3.06. The van der Waals surface area contributed by atoms with Crippen LogP contribution in [-0.2, 0) is 24.5 Å². The molecule has 0 aliphatic carbocycles. The minimum atomic E-state index is -2.13. The average molecular weight is 313 g/mol. The Morgan fingerprint density at radius 3 is 2.14 bits per heavy atom. The molecule has 0 aliphatic rings. The van der Waals surface area contributed by atoms with Crippen LogP contribution in [0.2, 0.25) is 0 Å². The van der Waals surface area contributed by atoms with E-state index in [2.05, 4.69) is 0 Å². The molecule has 120 valence electrons. The van der Waals surface area contributed by atoms with Crippen molar-refractivity contribution in [1.82, 2.24) is 0 Å². The highest BCUT2D eigenvalue weighted by atomic mass is 19.1. The molecule has 1 aromatic carbocycles. The number of nitrogens with zero attached hydrogens (tertiary/aromatic N) is 1. The lowest BCUT2D eigenvalue weighted by molar-refractivity contribution is -0.386. The molecular weight excluding hydrogens is 297 g/mol. The molecule has 8 heteroatoms. The lowest BCUT2D eigenvalue weighted by Crippen LogP contribution is -2.44. The van der Waals surface area contributed by atoms with E-state index in [1.54, 1.807) is 0 Å². The van der Waals surface area contributed by atoms with Gasteiger partial charge in [0.1, 0.15) is 5.82 Å². The first-order valence-electron chi connectivity index (χ1n) is 6.57. The fraction of sp³-hybridized carbons (Fsp3) is 0.429. The number of rotatable bonds is 6. The third-order valence-electron chi connectivity index (χ3n) is 3.06. The highest BCUT2D eigenvalue weighted by molar-refractivity contribution is 6.06. The molecule has 0 bridgehead atoms. The van der Waals surface area contributed by atoms with Crippen LogP contribution in [0, 0.1) is 15.9 Å². The van der Waals surface area contributed by atoms with Crippen LogP contribution < -0.4 is 0 Å². The van der Waals surface area contributed by atoms with E-state index in [-0.39, 0.29) is 13.2 Å². The number of nitro groups is 1. The van der Waals surface area contributed by atoms with Crippen molar-refractivity contribution in [2.45, 2.75) is 26.2 Å². The summed E-state index contributed by atoms with van der Waals surface area (Å²) in [7, 11) is 0. The zero-order valence-electron chi connectivity index (χ0n) is 12.4. The van der Waals surface area contributed by atoms with Gasteiger partial charge >= 0.3 is 11.9 Å². The Kier molecular flexibility index (Phi) is 5.56. The molecular formula is C14H16FNO6. The maximum Gasteiger partial charge on any atom is 0.328 e. The Bertz CT molecular complexity index is 583. The van der Waals surface area contributed by atoms with Crippen molar-refractivity contribution < 1.29 is 28.4 Å². The summed E-state index contributed by atoms with van der Waals surface area (Å²) in [5.74, 6) is -2.90. The summed E-state index contributed by atoms with van der Waals surface area (Å²) in [5.41, 5.74) is -3.10. The maximum atomic E-state index is 13.5. The normalized spacial score (nSPS) is 10.9. The minimum absolute atomic E-state index is 0.0447. The van der Waals surface area contributed by atoms with Crippen LogP contribution in [0.1, 0.15) is 26.3 Å². The first-order valence-corrected chi connectivity index (χ1v) is 6.57. The zero-order chi connectivity index (χ0) is 16.9. The van der Waals surface area contributed by atoms with Crippen molar-refractivity contribution >= 4 is 17.6 Å². The fourth-order valence-corrected chi connectivity index (χ4v) is 1.92. The number of ether oxygens (including phenoxy) is 2. The predicted octanol–water partition coefficient (Wildman–Crippen LogP) is 2.12. The number of esters is 2. The molecule has 0 saturated carbocycles. The molecule has 1 aromatic rings. The Labute approximate surface area is 126 Å². The van der Waals surface area contributed by atoms with Gasteiger partial charge in [0.15, 0.2) is 5.41 Å². The summed E-state index contributed by atoms with van der Waals surface area (Å²) < 4.78 is 23.2. The molecule has 0 radical (unpaired) electrons. The van der Waals surface area contributed by atoms with E-state index in [1.807, 2.05) is 0 Å². The van der Waals surface area contributed by atoms with E-state index < -0.39 is 39.3 Å². The second-order valence-electron chi connectivity index (χ2n) is 4.48. The van der Waals surface area contributed by atoms with Gasteiger partial charge in [0, 0.05) is 6.07 Å². The Morgan fingerprint density at radius 1 is 1.23 bits per heavy atom. The number of carbonyl (C=O) groups is 2. The number of benzene rings is 1. The molecule has 0 atom stereocenters. The lowest BCUT2D eigenvalue weighted by atomic mass is 9.81. The van der Waals surface area contributed by atoms with Crippen LogP contribution in [0.3, 0.4) is 0 Å². The summed E-state index contributed by atoms with van der Waals surface area (Å²) in [6, 6.07) is 2.53. The van der Waals surface area contributed by atoms with Crippen molar-refractivity contribution in [3.63, 3.8) is 0 Å². The molecule has 0 aliphatic heterocycles. The van der Waals surface area contributed by atoms with Gasteiger partial charge in [-0.25, -0.2) is 4.39 Å². The molecule has 1 rings (SSSR count). The standard InChI is InChI=1S/C14H16FNO6/c1-4-21-12(17)14(3,13(18)22-5-2)10-8-9(15)6-7-11(10)16(19)20/h6-8H,4-5H2,1-3H3. The van der Waals surface area contributed by atoms with Gasteiger partial charge in [0.25, 0.3) is 5.69 Å². The molecule has 0 unspecified atom stereocenters. The second-order valence-corrected chi connectivity index (χ2v) is 4.48. The monoisotopic (exact) mass is 313 g/mol. The SMILES string of the molecule is CCOC(=O)C(C)(C(=O)OCC)c1cc(F)ccc1[N+](=O)[O-]. The highest BCUT2D eigenvalue weighted by Gasteiger charge is 2.50. The van der Waals surface area contributed by atoms with Crippen molar-refractivity contribution in [2.24, 2.45) is 0 Å². The molecule has 0 spiro atoms. The van der Waals surface area contributed by atoms with Gasteiger partial charge in [-0.3, -0.25) is 19.7 Å². The molecule has 7 nitrogen and oxygen atoms in total. The van der Waals surface area contributed by atoms with E-state index in [1.165, 1.54) is 13.8 Å². The van der Waals surface area contributed by atoms with E-state index in [0.29, 0.717) is 0 Å². The largest absolute Gasteiger partial charge is 0.465 e. The van der Waals surface area contributed by atoms with Gasteiger partial charge in [0.05, 0.1) is 23.7 Å². The highest BCUT2D eigenvalue weighted by Crippen LogP contribution is 2.35. The topological polar surface area (TPSA) is 95.7 Å². The lowest BCUT2D eigenvalue weighted by Gasteiger charge is -2.25. The number of halogens is 1. The average Bonchev–Trinajstić information content (AvgIpc) is 2.46.